The highest BCUT2D eigenvalue weighted by atomic mass is 15.2. The molecule has 1 aliphatic rings. The molecule has 0 bridgehead atoms. The van der Waals surface area contributed by atoms with Crippen molar-refractivity contribution in [1.82, 2.24) is 14.9 Å². The Hall–Kier alpha value is -1.94. The number of hydrogen-bond donors (Lipinski definition) is 1. The number of nitrogens with one attached hydrogen (secondary N) is 1. The van der Waals surface area contributed by atoms with Crippen molar-refractivity contribution in [3.05, 3.63) is 53.9 Å². The molecule has 24 heavy (non-hydrogen) atoms. The third-order valence-electron chi connectivity index (χ3n) is 4.63. The highest BCUT2D eigenvalue weighted by Gasteiger charge is 2.20. The van der Waals surface area contributed by atoms with Crippen LogP contribution in [0, 0.1) is 0 Å². The van der Waals surface area contributed by atoms with Crippen LogP contribution in [0.2, 0.25) is 0 Å². The number of benzene rings is 1. The standard InChI is InChI=1S/C20H28N4/c1-20(2,3)17-9-7-16(8-10-17)14-24-13-4-6-18(15-24)23-19-21-11-5-12-22-19/h5,7-12,18H,4,6,13-15H2,1-3H3,(H,21,22,23). The van der Waals surface area contributed by atoms with Gasteiger partial charge in [-0.3, -0.25) is 4.90 Å². The maximum Gasteiger partial charge on any atom is 0.222 e. The van der Waals surface area contributed by atoms with Crippen molar-refractivity contribution in [2.75, 3.05) is 18.4 Å². The second kappa shape index (κ2) is 7.31. The normalized spacial score (nSPS) is 19.2. The van der Waals surface area contributed by atoms with Gasteiger partial charge in [-0.25, -0.2) is 9.97 Å². The van der Waals surface area contributed by atoms with E-state index in [9.17, 15) is 0 Å². The predicted molar refractivity (Wildman–Crippen MR) is 99.1 cm³/mol. The molecule has 1 atom stereocenters. The summed E-state index contributed by atoms with van der Waals surface area (Å²) in [7, 11) is 0. The maximum atomic E-state index is 4.27. The van der Waals surface area contributed by atoms with Gasteiger partial charge in [0.05, 0.1) is 0 Å². The quantitative estimate of drug-likeness (QED) is 0.927. The molecule has 1 fully saturated rings. The second-order valence-corrected chi connectivity index (χ2v) is 7.74. The zero-order valence-corrected chi connectivity index (χ0v) is 15.0. The van der Waals surface area contributed by atoms with Gasteiger partial charge in [0.1, 0.15) is 0 Å². The minimum absolute atomic E-state index is 0.217. The van der Waals surface area contributed by atoms with Crippen LogP contribution in [0.5, 0.6) is 0 Å². The molecule has 128 valence electrons. The summed E-state index contributed by atoms with van der Waals surface area (Å²) in [5, 5.41) is 3.46. The van der Waals surface area contributed by atoms with Crippen LogP contribution in [0.25, 0.3) is 0 Å². The molecule has 0 aliphatic carbocycles. The van der Waals surface area contributed by atoms with E-state index in [1.165, 1.54) is 24.0 Å². The second-order valence-electron chi connectivity index (χ2n) is 7.74. The third kappa shape index (κ3) is 4.54. The molecule has 1 saturated heterocycles. The molecule has 2 heterocycles. The first-order valence-electron chi connectivity index (χ1n) is 8.86. The Morgan fingerprint density at radius 1 is 1.12 bits per heavy atom. The molecule has 1 aromatic carbocycles. The van der Waals surface area contributed by atoms with Gasteiger partial charge in [-0.05, 0) is 42.0 Å². The van der Waals surface area contributed by atoms with Crippen molar-refractivity contribution < 1.29 is 0 Å². The molecule has 0 spiro atoms. The van der Waals surface area contributed by atoms with Crippen LogP contribution < -0.4 is 5.32 Å². The first-order valence-corrected chi connectivity index (χ1v) is 8.86. The van der Waals surface area contributed by atoms with Crippen LogP contribution in [0.15, 0.2) is 42.7 Å². The lowest BCUT2D eigenvalue weighted by molar-refractivity contribution is 0.208. The van der Waals surface area contributed by atoms with Crippen molar-refractivity contribution >= 4 is 5.95 Å². The summed E-state index contributed by atoms with van der Waals surface area (Å²) in [6.07, 6.45) is 5.96. The summed E-state index contributed by atoms with van der Waals surface area (Å²) in [5.41, 5.74) is 3.00. The molecule has 1 aliphatic heterocycles. The van der Waals surface area contributed by atoms with Gasteiger partial charge in [-0.15, -0.1) is 0 Å². The Kier molecular flexibility index (Phi) is 5.14. The molecule has 1 N–H and O–H groups in total. The lowest BCUT2D eigenvalue weighted by Crippen LogP contribution is -2.41. The van der Waals surface area contributed by atoms with E-state index in [1.807, 2.05) is 6.07 Å². The molecule has 3 rings (SSSR count). The van der Waals surface area contributed by atoms with Crippen molar-refractivity contribution in [1.29, 1.82) is 0 Å². The molecule has 2 aromatic rings. The van der Waals surface area contributed by atoms with E-state index in [2.05, 4.69) is 65.2 Å². The summed E-state index contributed by atoms with van der Waals surface area (Å²) in [5.74, 6) is 0.735. The van der Waals surface area contributed by atoms with E-state index in [0.717, 1.165) is 25.6 Å². The number of rotatable bonds is 4. The van der Waals surface area contributed by atoms with Gasteiger partial charge in [-0.1, -0.05) is 45.0 Å². The largest absolute Gasteiger partial charge is 0.350 e. The Labute approximate surface area is 145 Å². The van der Waals surface area contributed by atoms with E-state index in [0.29, 0.717) is 6.04 Å². The Balaban J connectivity index is 1.57. The first-order chi connectivity index (χ1) is 11.5. The van der Waals surface area contributed by atoms with Crippen LogP contribution in [0.1, 0.15) is 44.7 Å². The smallest absolute Gasteiger partial charge is 0.222 e. The number of aromatic nitrogens is 2. The lowest BCUT2D eigenvalue weighted by Gasteiger charge is -2.33. The summed E-state index contributed by atoms with van der Waals surface area (Å²) < 4.78 is 0. The summed E-state index contributed by atoms with van der Waals surface area (Å²) in [6, 6.07) is 11.4. The van der Waals surface area contributed by atoms with Crippen LogP contribution in [0.3, 0.4) is 0 Å². The average molecular weight is 324 g/mol. The fourth-order valence-corrected chi connectivity index (χ4v) is 3.24. The van der Waals surface area contributed by atoms with Gasteiger partial charge in [0.15, 0.2) is 0 Å². The number of nitrogens with zero attached hydrogens (tertiary/aromatic N) is 3. The van der Waals surface area contributed by atoms with Gasteiger partial charge in [0.2, 0.25) is 5.95 Å². The van der Waals surface area contributed by atoms with E-state index in [1.54, 1.807) is 12.4 Å². The summed E-state index contributed by atoms with van der Waals surface area (Å²) in [6.45, 7) is 9.99. The summed E-state index contributed by atoms with van der Waals surface area (Å²) in [4.78, 5) is 11.1. The van der Waals surface area contributed by atoms with E-state index in [4.69, 9.17) is 0 Å². The van der Waals surface area contributed by atoms with Crippen LogP contribution in [0.4, 0.5) is 5.95 Å². The number of likely N-dealkylation sites (tertiary alicyclic amines) is 1. The average Bonchev–Trinajstić information content (AvgIpc) is 2.56. The number of anilines is 1. The monoisotopic (exact) mass is 324 g/mol. The number of hydrogen-bond acceptors (Lipinski definition) is 4. The zero-order chi connectivity index (χ0) is 17.0. The molecule has 0 amide bonds. The fraction of sp³-hybridized carbons (Fsp3) is 0.500. The molecule has 0 radical (unpaired) electrons. The maximum absolute atomic E-state index is 4.27. The Morgan fingerprint density at radius 3 is 2.50 bits per heavy atom. The first kappa shape index (κ1) is 16.9. The van der Waals surface area contributed by atoms with E-state index in [-0.39, 0.29) is 5.41 Å². The van der Waals surface area contributed by atoms with Crippen molar-refractivity contribution in [2.24, 2.45) is 0 Å². The fourth-order valence-electron chi connectivity index (χ4n) is 3.24. The molecule has 1 unspecified atom stereocenters. The van der Waals surface area contributed by atoms with Gasteiger partial charge < -0.3 is 5.32 Å². The van der Waals surface area contributed by atoms with E-state index >= 15 is 0 Å². The summed E-state index contributed by atoms with van der Waals surface area (Å²) >= 11 is 0. The van der Waals surface area contributed by atoms with Crippen molar-refractivity contribution in [3.8, 4) is 0 Å². The molecule has 1 aromatic heterocycles. The van der Waals surface area contributed by atoms with E-state index < -0.39 is 0 Å². The Bertz CT molecular complexity index is 631. The number of piperidine rings is 1. The van der Waals surface area contributed by atoms with Gasteiger partial charge in [-0.2, -0.15) is 0 Å². The highest BCUT2D eigenvalue weighted by molar-refractivity contribution is 5.28. The zero-order valence-electron chi connectivity index (χ0n) is 15.0. The molecular weight excluding hydrogens is 296 g/mol. The predicted octanol–water partition coefficient (Wildman–Crippen LogP) is 3.85. The van der Waals surface area contributed by atoms with Crippen molar-refractivity contribution in [3.63, 3.8) is 0 Å². The van der Waals surface area contributed by atoms with Crippen molar-refractivity contribution in [2.45, 2.75) is 51.6 Å². The van der Waals surface area contributed by atoms with Gasteiger partial charge >= 0.3 is 0 Å². The Morgan fingerprint density at radius 2 is 1.83 bits per heavy atom. The highest BCUT2D eigenvalue weighted by Crippen LogP contribution is 2.23. The van der Waals surface area contributed by atoms with Crippen LogP contribution >= 0.6 is 0 Å². The molecular formula is C20H28N4. The third-order valence-corrected chi connectivity index (χ3v) is 4.63. The lowest BCUT2D eigenvalue weighted by atomic mass is 9.86. The topological polar surface area (TPSA) is 41.0 Å². The van der Waals surface area contributed by atoms with Crippen LogP contribution in [-0.2, 0) is 12.0 Å². The van der Waals surface area contributed by atoms with Crippen LogP contribution in [-0.4, -0.2) is 34.0 Å². The minimum Gasteiger partial charge on any atom is -0.350 e. The van der Waals surface area contributed by atoms with Gasteiger partial charge in [0, 0.05) is 31.5 Å². The molecule has 0 saturated carbocycles. The minimum atomic E-state index is 0.217. The molecule has 4 nitrogen and oxygen atoms in total. The molecule has 4 heteroatoms. The SMILES string of the molecule is CC(C)(C)c1ccc(CN2CCCC(Nc3ncccn3)C2)cc1. The van der Waals surface area contributed by atoms with Gasteiger partial charge in [0.25, 0.3) is 0 Å².